The number of pyridine rings is 1. The molecule has 3 atom stereocenters. The standard InChI is InChI=1S/C35H31N3O7/c1-19-4-12-25-27(15-19)34(41)37(33(25)40)24-10-8-22(9-11-24)30-17-28(26-14-20(2)5-13-29(26)36-30)35(42)45-18-32(39)23-7-6-21(3)31(16-23)38(43)44/h5-11,13-14,16-17,19,25,27H,4,12,15,18H2,1-3H3. The summed E-state index contributed by atoms with van der Waals surface area (Å²) in [5, 5.41) is 11.8. The van der Waals surface area contributed by atoms with E-state index in [1.807, 2.05) is 19.1 Å². The molecule has 3 aromatic carbocycles. The van der Waals surface area contributed by atoms with Crippen LogP contribution in [-0.2, 0) is 14.3 Å². The smallest absolute Gasteiger partial charge is 0.339 e. The van der Waals surface area contributed by atoms with Crippen molar-refractivity contribution in [1.29, 1.82) is 0 Å². The number of nitro groups is 1. The molecule has 228 valence electrons. The number of nitro benzene ring substituents is 1. The molecule has 45 heavy (non-hydrogen) atoms. The number of anilines is 1. The van der Waals surface area contributed by atoms with Crippen LogP contribution in [0.3, 0.4) is 0 Å². The maximum absolute atomic E-state index is 13.4. The zero-order chi connectivity index (χ0) is 32.0. The second-order valence-corrected chi connectivity index (χ2v) is 12.0. The van der Waals surface area contributed by atoms with Crippen molar-refractivity contribution in [1.82, 2.24) is 4.98 Å². The molecule has 1 aromatic heterocycles. The van der Waals surface area contributed by atoms with Crippen molar-refractivity contribution < 1.29 is 28.8 Å². The van der Waals surface area contributed by atoms with Crippen molar-refractivity contribution >= 4 is 45.8 Å². The van der Waals surface area contributed by atoms with E-state index in [2.05, 4.69) is 6.92 Å². The molecule has 1 saturated carbocycles. The molecule has 6 rings (SSSR count). The quantitative estimate of drug-likeness (QED) is 0.0777. The second kappa shape index (κ2) is 11.7. The topological polar surface area (TPSA) is 137 Å². The van der Waals surface area contributed by atoms with E-state index in [0.29, 0.717) is 39.3 Å². The Morgan fingerprint density at radius 2 is 1.69 bits per heavy atom. The Bertz CT molecular complexity index is 1900. The summed E-state index contributed by atoms with van der Waals surface area (Å²) in [5.74, 6) is -1.74. The number of ether oxygens (including phenoxy) is 1. The number of benzene rings is 3. The summed E-state index contributed by atoms with van der Waals surface area (Å²) in [4.78, 5) is 69.3. The van der Waals surface area contributed by atoms with Gasteiger partial charge in [0.25, 0.3) is 5.69 Å². The van der Waals surface area contributed by atoms with Gasteiger partial charge in [-0.25, -0.2) is 9.78 Å². The molecule has 2 aliphatic rings. The van der Waals surface area contributed by atoms with Crippen LogP contribution in [0.15, 0.2) is 66.7 Å². The summed E-state index contributed by atoms with van der Waals surface area (Å²) in [7, 11) is 0. The minimum atomic E-state index is -0.745. The van der Waals surface area contributed by atoms with Crippen LogP contribution in [0.1, 0.15) is 58.0 Å². The first-order chi connectivity index (χ1) is 21.5. The molecule has 4 aromatic rings. The monoisotopic (exact) mass is 605 g/mol. The van der Waals surface area contributed by atoms with Crippen LogP contribution in [0.2, 0.25) is 0 Å². The third kappa shape index (κ3) is 5.59. The first kappa shape index (κ1) is 29.8. The highest BCUT2D eigenvalue weighted by molar-refractivity contribution is 6.22. The van der Waals surface area contributed by atoms with Gasteiger partial charge in [0.05, 0.1) is 39.2 Å². The van der Waals surface area contributed by atoms with Crippen molar-refractivity contribution in [2.45, 2.75) is 40.0 Å². The van der Waals surface area contributed by atoms with Gasteiger partial charge in [-0.1, -0.05) is 42.8 Å². The Hall–Kier alpha value is -5.25. The Balaban J connectivity index is 1.26. The number of rotatable bonds is 7. The summed E-state index contributed by atoms with van der Waals surface area (Å²) in [6, 6.07) is 18.1. The molecule has 10 nitrogen and oxygen atoms in total. The van der Waals surface area contributed by atoms with Gasteiger partial charge >= 0.3 is 5.97 Å². The fraction of sp³-hybridized carbons (Fsp3) is 0.286. The summed E-state index contributed by atoms with van der Waals surface area (Å²) >= 11 is 0. The summed E-state index contributed by atoms with van der Waals surface area (Å²) in [6.45, 7) is 4.97. The molecule has 0 N–H and O–H groups in total. The predicted octanol–water partition coefficient (Wildman–Crippen LogP) is 6.39. The van der Waals surface area contributed by atoms with Crippen LogP contribution in [0, 0.1) is 41.7 Å². The average Bonchev–Trinajstić information content (AvgIpc) is 3.27. The number of ketones is 1. The van der Waals surface area contributed by atoms with E-state index in [1.165, 1.54) is 23.1 Å². The van der Waals surface area contributed by atoms with E-state index < -0.39 is 23.3 Å². The molecule has 0 radical (unpaired) electrons. The van der Waals surface area contributed by atoms with E-state index in [-0.39, 0.29) is 40.5 Å². The van der Waals surface area contributed by atoms with Gasteiger partial charge < -0.3 is 4.74 Å². The van der Waals surface area contributed by atoms with E-state index in [0.717, 1.165) is 24.8 Å². The number of aryl methyl sites for hydroxylation is 2. The van der Waals surface area contributed by atoms with Crippen molar-refractivity contribution in [3.05, 3.63) is 99.1 Å². The highest BCUT2D eigenvalue weighted by atomic mass is 16.6. The lowest BCUT2D eigenvalue weighted by molar-refractivity contribution is -0.385. The van der Waals surface area contributed by atoms with Crippen LogP contribution in [0.4, 0.5) is 11.4 Å². The van der Waals surface area contributed by atoms with Gasteiger partial charge in [0, 0.05) is 28.1 Å². The molecule has 2 heterocycles. The maximum Gasteiger partial charge on any atom is 0.339 e. The van der Waals surface area contributed by atoms with Crippen LogP contribution in [0.5, 0.6) is 0 Å². The fourth-order valence-electron chi connectivity index (χ4n) is 6.35. The van der Waals surface area contributed by atoms with Crippen molar-refractivity contribution in [2.75, 3.05) is 11.5 Å². The number of esters is 1. The van der Waals surface area contributed by atoms with Crippen molar-refractivity contribution in [3.8, 4) is 11.3 Å². The van der Waals surface area contributed by atoms with Crippen molar-refractivity contribution in [3.63, 3.8) is 0 Å². The predicted molar refractivity (Wildman–Crippen MR) is 167 cm³/mol. The first-order valence-electron chi connectivity index (χ1n) is 14.9. The Kier molecular flexibility index (Phi) is 7.74. The van der Waals surface area contributed by atoms with Gasteiger partial charge in [-0.05, 0) is 69.4 Å². The number of hydrogen-bond acceptors (Lipinski definition) is 8. The maximum atomic E-state index is 13.4. The molecule has 2 fully saturated rings. The van der Waals surface area contributed by atoms with E-state index in [9.17, 15) is 29.3 Å². The minimum Gasteiger partial charge on any atom is -0.454 e. The number of amides is 2. The number of carbonyl (C=O) groups is 4. The summed E-state index contributed by atoms with van der Waals surface area (Å²) in [5.41, 5.74) is 3.56. The second-order valence-electron chi connectivity index (χ2n) is 12.0. The molecule has 1 saturated heterocycles. The number of hydrogen-bond donors (Lipinski definition) is 0. The third-order valence-corrected chi connectivity index (χ3v) is 8.86. The number of Topliss-reactive ketones (excluding diaryl/α,β-unsaturated/α-hetero) is 1. The average molecular weight is 606 g/mol. The van der Waals surface area contributed by atoms with Gasteiger partial charge in [-0.3, -0.25) is 29.4 Å². The van der Waals surface area contributed by atoms with E-state index in [1.54, 1.807) is 43.3 Å². The molecule has 1 aliphatic carbocycles. The Morgan fingerprint density at radius 3 is 2.42 bits per heavy atom. The fourth-order valence-corrected chi connectivity index (χ4v) is 6.35. The Morgan fingerprint density at radius 1 is 0.956 bits per heavy atom. The van der Waals surface area contributed by atoms with Gasteiger partial charge in [-0.15, -0.1) is 0 Å². The van der Waals surface area contributed by atoms with Crippen LogP contribution >= 0.6 is 0 Å². The normalized spacial score (nSPS) is 19.4. The number of aromatic nitrogens is 1. The Labute approximate surface area is 259 Å². The number of fused-ring (bicyclic) bond motifs is 2. The van der Waals surface area contributed by atoms with Crippen LogP contribution in [-0.4, -0.2) is 40.1 Å². The lowest BCUT2D eigenvalue weighted by Crippen LogP contribution is -2.30. The molecule has 2 amide bonds. The molecule has 1 aliphatic heterocycles. The summed E-state index contributed by atoms with van der Waals surface area (Å²) in [6.07, 6.45) is 2.38. The lowest BCUT2D eigenvalue weighted by atomic mass is 9.76. The van der Waals surface area contributed by atoms with Gasteiger partial charge in [0.2, 0.25) is 17.6 Å². The number of imide groups is 1. The van der Waals surface area contributed by atoms with Gasteiger partial charge in [0.15, 0.2) is 6.61 Å². The molecule has 0 bridgehead atoms. The zero-order valence-electron chi connectivity index (χ0n) is 25.1. The lowest BCUT2D eigenvalue weighted by Gasteiger charge is -2.25. The summed E-state index contributed by atoms with van der Waals surface area (Å²) < 4.78 is 5.41. The highest BCUT2D eigenvalue weighted by Crippen LogP contribution is 2.42. The third-order valence-electron chi connectivity index (χ3n) is 8.86. The van der Waals surface area contributed by atoms with E-state index >= 15 is 0 Å². The number of carbonyl (C=O) groups excluding carboxylic acids is 4. The largest absolute Gasteiger partial charge is 0.454 e. The van der Waals surface area contributed by atoms with Gasteiger partial charge in [0.1, 0.15) is 0 Å². The van der Waals surface area contributed by atoms with Crippen LogP contribution in [0.25, 0.3) is 22.2 Å². The number of nitrogens with zero attached hydrogens (tertiary/aromatic N) is 3. The molecular formula is C35H31N3O7. The first-order valence-corrected chi connectivity index (χ1v) is 14.9. The molecule has 0 spiro atoms. The van der Waals surface area contributed by atoms with Crippen LogP contribution < -0.4 is 4.90 Å². The minimum absolute atomic E-state index is 0.0695. The van der Waals surface area contributed by atoms with E-state index in [4.69, 9.17) is 9.72 Å². The van der Waals surface area contributed by atoms with Crippen molar-refractivity contribution in [2.24, 2.45) is 17.8 Å². The highest BCUT2D eigenvalue weighted by Gasteiger charge is 2.49. The zero-order valence-corrected chi connectivity index (χ0v) is 25.1. The SMILES string of the molecule is Cc1ccc2nc(-c3ccc(N4C(=O)C5CCC(C)CC5C4=O)cc3)cc(C(=O)OCC(=O)c3ccc(C)c([N+](=O)[O-])c3)c2c1. The molecule has 10 heteroatoms. The molecule has 3 unspecified atom stereocenters. The molecular weight excluding hydrogens is 574 g/mol. The van der Waals surface area contributed by atoms with Gasteiger partial charge in [-0.2, -0.15) is 0 Å².